The zero-order valence-corrected chi connectivity index (χ0v) is 9.09. The van der Waals surface area contributed by atoms with E-state index in [1.165, 1.54) is 6.92 Å². The topological polar surface area (TPSA) is 25.8 Å². The van der Waals surface area contributed by atoms with Crippen molar-refractivity contribution in [2.75, 3.05) is 0 Å². The second-order valence-corrected chi connectivity index (χ2v) is 3.11. The Kier molecular flexibility index (Phi) is 4.70. The van der Waals surface area contributed by atoms with Gasteiger partial charge in [0.2, 0.25) is 11.9 Å². The Hall–Kier alpha value is -2.05. The SMILES string of the molecule is Cc1nc(F)ccc1F.Fc1ccc(F)c(F)n1. The second kappa shape index (κ2) is 6.04. The third-order valence-corrected chi connectivity index (χ3v) is 1.76. The molecule has 0 saturated carbocycles. The molecule has 2 nitrogen and oxygen atoms in total. The number of hydrogen-bond acceptors (Lipinski definition) is 2. The fraction of sp³-hybridized carbons (Fsp3) is 0.0909. The van der Waals surface area contributed by atoms with Crippen molar-refractivity contribution in [3.8, 4) is 0 Å². The lowest BCUT2D eigenvalue weighted by atomic mass is 10.4. The molecule has 2 aromatic rings. The van der Waals surface area contributed by atoms with Gasteiger partial charge < -0.3 is 0 Å². The fourth-order valence-electron chi connectivity index (χ4n) is 0.909. The van der Waals surface area contributed by atoms with Gasteiger partial charge in [-0.3, -0.25) is 0 Å². The molecule has 2 heterocycles. The van der Waals surface area contributed by atoms with Crippen LogP contribution < -0.4 is 0 Å². The molecule has 0 aromatic carbocycles. The first-order valence-corrected chi connectivity index (χ1v) is 4.66. The molecular formula is C11H7F5N2. The normalized spacial score (nSPS) is 9.67. The van der Waals surface area contributed by atoms with Gasteiger partial charge >= 0.3 is 0 Å². The van der Waals surface area contributed by atoms with Gasteiger partial charge in [-0.1, -0.05) is 0 Å². The summed E-state index contributed by atoms with van der Waals surface area (Å²) >= 11 is 0. The molecular weight excluding hydrogens is 255 g/mol. The number of rotatable bonds is 0. The van der Waals surface area contributed by atoms with Crippen LogP contribution >= 0.6 is 0 Å². The highest BCUT2D eigenvalue weighted by molar-refractivity contribution is 5.05. The van der Waals surface area contributed by atoms with Gasteiger partial charge in [-0.05, 0) is 31.2 Å². The summed E-state index contributed by atoms with van der Waals surface area (Å²) in [7, 11) is 0. The summed E-state index contributed by atoms with van der Waals surface area (Å²) in [6.07, 6.45) is 0. The van der Waals surface area contributed by atoms with Crippen molar-refractivity contribution in [3.63, 3.8) is 0 Å². The van der Waals surface area contributed by atoms with Gasteiger partial charge in [0, 0.05) is 0 Å². The van der Waals surface area contributed by atoms with E-state index in [1.807, 2.05) is 0 Å². The van der Waals surface area contributed by atoms with Crippen LogP contribution in [0.25, 0.3) is 0 Å². The summed E-state index contributed by atoms with van der Waals surface area (Å²) in [5, 5.41) is 0. The summed E-state index contributed by atoms with van der Waals surface area (Å²) in [5.41, 5.74) is 0.0926. The summed E-state index contributed by atoms with van der Waals surface area (Å²) in [4.78, 5) is 5.80. The lowest BCUT2D eigenvalue weighted by Crippen LogP contribution is -1.90. The quantitative estimate of drug-likeness (QED) is 0.538. The second-order valence-electron chi connectivity index (χ2n) is 3.11. The van der Waals surface area contributed by atoms with Crippen LogP contribution in [0.15, 0.2) is 24.3 Å². The molecule has 0 bridgehead atoms. The summed E-state index contributed by atoms with van der Waals surface area (Å²) in [6, 6.07) is 3.47. The predicted octanol–water partition coefficient (Wildman–Crippen LogP) is 3.17. The molecule has 2 aromatic heterocycles. The molecule has 0 unspecified atom stereocenters. The highest BCUT2D eigenvalue weighted by Crippen LogP contribution is 2.02. The molecule has 0 N–H and O–H groups in total. The van der Waals surface area contributed by atoms with E-state index in [0.717, 1.165) is 18.2 Å². The highest BCUT2D eigenvalue weighted by Gasteiger charge is 2.01. The summed E-state index contributed by atoms with van der Waals surface area (Å²) in [5.74, 6) is -4.69. The van der Waals surface area contributed by atoms with Crippen molar-refractivity contribution in [1.29, 1.82) is 0 Å². The third kappa shape index (κ3) is 4.08. The van der Waals surface area contributed by atoms with Crippen molar-refractivity contribution in [2.24, 2.45) is 0 Å². The number of nitrogens with zero attached hydrogens (tertiary/aromatic N) is 2. The molecule has 0 aliphatic heterocycles. The van der Waals surface area contributed by atoms with Crippen molar-refractivity contribution in [2.45, 2.75) is 6.92 Å². The maximum atomic E-state index is 12.3. The summed E-state index contributed by atoms with van der Waals surface area (Å²) < 4.78 is 59.9. The Morgan fingerprint density at radius 2 is 1.22 bits per heavy atom. The van der Waals surface area contributed by atoms with E-state index < -0.39 is 29.5 Å². The number of aromatic nitrogens is 2. The monoisotopic (exact) mass is 262 g/mol. The molecule has 0 aliphatic rings. The average Bonchev–Trinajstić information content (AvgIpc) is 2.30. The Morgan fingerprint density at radius 1 is 0.722 bits per heavy atom. The smallest absolute Gasteiger partial charge is 0.222 e. The van der Waals surface area contributed by atoms with Crippen LogP contribution in [0.5, 0.6) is 0 Å². The van der Waals surface area contributed by atoms with Gasteiger partial charge in [-0.15, -0.1) is 0 Å². The standard InChI is InChI=1S/C6H5F2N.C5H2F3N/c1-4-5(7)2-3-6(8)9-4;6-3-1-2-4(7)9-5(3)8/h2-3H,1H3;1-2H. The molecule has 0 aliphatic carbocycles. The first-order chi connectivity index (χ1) is 8.40. The maximum absolute atomic E-state index is 12.3. The molecule has 0 atom stereocenters. The Labute approximate surface area is 99.1 Å². The van der Waals surface area contributed by atoms with Crippen LogP contribution in [-0.4, -0.2) is 9.97 Å². The lowest BCUT2D eigenvalue weighted by molar-refractivity contribution is 0.447. The van der Waals surface area contributed by atoms with Gasteiger partial charge in [0.25, 0.3) is 5.95 Å². The zero-order valence-electron chi connectivity index (χ0n) is 9.09. The minimum absolute atomic E-state index is 0.0926. The Balaban J connectivity index is 0.000000180. The van der Waals surface area contributed by atoms with Gasteiger partial charge in [-0.25, -0.2) is 13.8 Å². The zero-order chi connectivity index (χ0) is 13.7. The third-order valence-electron chi connectivity index (χ3n) is 1.76. The van der Waals surface area contributed by atoms with Gasteiger partial charge in [0.15, 0.2) is 5.82 Å². The van der Waals surface area contributed by atoms with E-state index in [-0.39, 0.29) is 5.69 Å². The van der Waals surface area contributed by atoms with Crippen molar-refractivity contribution in [1.82, 2.24) is 9.97 Å². The molecule has 0 radical (unpaired) electrons. The molecule has 0 saturated heterocycles. The molecule has 7 heteroatoms. The largest absolute Gasteiger partial charge is 0.251 e. The summed E-state index contributed by atoms with van der Waals surface area (Å²) in [6.45, 7) is 1.42. The molecule has 2 rings (SSSR count). The minimum Gasteiger partial charge on any atom is -0.222 e. The van der Waals surface area contributed by atoms with Crippen molar-refractivity contribution < 1.29 is 22.0 Å². The van der Waals surface area contributed by atoms with Crippen molar-refractivity contribution in [3.05, 3.63) is 59.4 Å². The number of aryl methyl sites for hydroxylation is 1. The first-order valence-electron chi connectivity index (χ1n) is 4.66. The van der Waals surface area contributed by atoms with E-state index >= 15 is 0 Å². The average molecular weight is 262 g/mol. The molecule has 0 fully saturated rings. The van der Waals surface area contributed by atoms with Crippen LogP contribution in [0.1, 0.15) is 5.69 Å². The van der Waals surface area contributed by atoms with E-state index in [9.17, 15) is 22.0 Å². The van der Waals surface area contributed by atoms with Gasteiger partial charge in [0.05, 0.1) is 5.69 Å². The molecule has 18 heavy (non-hydrogen) atoms. The Morgan fingerprint density at radius 3 is 1.61 bits per heavy atom. The fourth-order valence-corrected chi connectivity index (χ4v) is 0.909. The van der Waals surface area contributed by atoms with Crippen LogP contribution in [0.2, 0.25) is 0 Å². The molecule has 0 amide bonds. The molecule has 96 valence electrons. The van der Waals surface area contributed by atoms with E-state index in [1.54, 1.807) is 0 Å². The van der Waals surface area contributed by atoms with Gasteiger partial charge in [0.1, 0.15) is 5.82 Å². The number of pyridine rings is 2. The van der Waals surface area contributed by atoms with Crippen LogP contribution in [-0.2, 0) is 0 Å². The maximum Gasteiger partial charge on any atom is 0.251 e. The van der Waals surface area contributed by atoms with E-state index in [0.29, 0.717) is 6.07 Å². The van der Waals surface area contributed by atoms with Crippen molar-refractivity contribution >= 4 is 0 Å². The first kappa shape index (κ1) is 14.0. The van der Waals surface area contributed by atoms with Crippen LogP contribution in [0.3, 0.4) is 0 Å². The number of hydrogen-bond donors (Lipinski definition) is 0. The van der Waals surface area contributed by atoms with Crippen LogP contribution in [0.4, 0.5) is 22.0 Å². The van der Waals surface area contributed by atoms with Gasteiger partial charge in [-0.2, -0.15) is 18.2 Å². The van der Waals surface area contributed by atoms with E-state index in [4.69, 9.17) is 0 Å². The highest BCUT2D eigenvalue weighted by atomic mass is 19.2. The lowest BCUT2D eigenvalue weighted by Gasteiger charge is -1.91. The van der Waals surface area contributed by atoms with E-state index in [2.05, 4.69) is 9.97 Å². The molecule has 0 spiro atoms. The minimum atomic E-state index is -1.41. The predicted molar refractivity (Wildman–Crippen MR) is 53.0 cm³/mol. The van der Waals surface area contributed by atoms with Crippen LogP contribution in [0, 0.1) is 36.4 Å². The number of halogens is 5. The Bertz CT molecular complexity index is 495.